The van der Waals surface area contributed by atoms with Gasteiger partial charge in [-0.2, -0.15) is 5.10 Å². The zero-order valence-corrected chi connectivity index (χ0v) is 12.8. The number of carboxylic acid groups (broad SMARTS) is 1. The number of hydrogen-bond donors (Lipinski definition) is 3. The minimum Gasteiger partial charge on any atom is -0.476 e. The molecule has 0 saturated carbocycles. The number of H-pyrrole nitrogens is 1. The molecule has 0 aliphatic heterocycles. The molecular formula is C11H14N4O4S2. The van der Waals surface area contributed by atoms with Crippen molar-refractivity contribution in [1.29, 1.82) is 0 Å². The van der Waals surface area contributed by atoms with Crippen LogP contribution in [-0.2, 0) is 16.4 Å². The number of sulfonamides is 1. The van der Waals surface area contributed by atoms with Gasteiger partial charge in [0.15, 0.2) is 9.90 Å². The zero-order chi connectivity index (χ0) is 15.5. The summed E-state index contributed by atoms with van der Waals surface area (Å²) in [5, 5.41) is 15.6. The van der Waals surface area contributed by atoms with Crippen molar-refractivity contribution >= 4 is 27.3 Å². The van der Waals surface area contributed by atoms with E-state index in [-0.39, 0.29) is 10.8 Å². The number of carbonyl (C=O) groups is 1. The summed E-state index contributed by atoms with van der Waals surface area (Å²) in [5.74, 6) is -1.36. The molecule has 0 spiro atoms. The molecule has 2 aromatic rings. The van der Waals surface area contributed by atoms with Crippen LogP contribution >= 0.6 is 11.3 Å². The summed E-state index contributed by atoms with van der Waals surface area (Å²) >= 11 is 0.786. The zero-order valence-electron chi connectivity index (χ0n) is 11.2. The second-order valence-electron chi connectivity index (χ2n) is 4.32. The van der Waals surface area contributed by atoms with Gasteiger partial charge >= 0.3 is 5.97 Å². The van der Waals surface area contributed by atoms with Gasteiger partial charge in [0, 0.05) is 12.2 Å². The van der Waals surface area contributed by atoms with E-state index in [1.54, 1.807) is 6.20 Å². The molecule has 0 fully saturated rings. The summed E-state index contributed by atoms with van der Waals surface area (Å²) in [5.41, 5.74) is 2.73. The van der Waals surface area contributed by atoms with Crippen LogP contribution in [0.1, 0.15) is 28.2 Å². The average molecular weight is 330 g/mol. The number of nitrogens with zero attached hydrogens (tertiary/aromatic N) is 2. The van der Waals surface area contributed by atoms with Crippen molar-refractivity contribution in [1.82, 2.24) is 19.9 Å². The van der Waals surface area contributed by atoms with Gasteiger partial charge < -0.3 is 5.11 Å². The van der Waals surface area contributed by atoms with E-state index in [0.29, 0.717) is 12.8 Å². The molecule has 0 amide bonds. The normalized spacial score (nSPS) is 11.7. The van der Waals surface area contributed by atoms with E-state index >= 15 is 0 Å². The predicted molar refractivity (Wildman–Crippen MR) is 75.9 cm³/mol. The van der Waals surface area contributed by atoms with Crippen LogP contribution in [0.3, 0.4) is 0 Å². The lowest BCUT2D eigenvalue weighted by Crippen LogP contribution is -2.26. The number of thiazole rings is 1. The van der Waals surface area contributed by atoms with Crippen LogP contribution in [0, 0.1) is 6.92 Å². The molecule has 21 heavy (non-hydrogen) atoms. The highest BCUT2D eigenvalue weighted by Crippen LogP contribution is 2.19. The van der Waals surface area contributed by atoms with E-state index in [2.05, 4.69) is 19.9 Å². The van der Waals surface area contributed by atoms with Crippen molar-refractivity contribution in [3.05, 3.63) is 28.7 Å². The Morgan fingerprint density at radius 1 is 1.52 bits per heavy atom. The summed E-state index contributed by atoms with van der Waals surface area (Å²) in [6.07, 6.45) is 2.97. The minimum absolute atomic E-state index is 0.212. The van der Waals surface area contributed by atoms with Gasteiger partial charge in [-0.25, -0.2) is 22.9 Å². The lowest BCUT2D eigenvalue weighted by molar-refractivity contribution is 0.0687. The number of aromatic nitrogens is 3. The van der Waals surface area contributed by atoms with Gasteiger partial charge in [0.1, 0.15) is 0 Å². The molecule has 0 atom stereocenters. The Labute approximate surface area is 125 Å². The molecule has 0 aromatic carbocycles. The van der Waals surface area contributed by atoms with Gasteiger partial charge in [-0.05, 0) is 25.3 Å². The summed E-state index contributed by atoms with van der Waals surface area (Å²) in [6.45, 7) is 2.10. The van der Waals surface area contributed by atoms with Crippen LogP contribution in [0.5, 0.6) is 0 Å². The molecule has 0 bridgehead atoms. The number of aromatic carboxylic acids is 1. The number of aryl methyl sites for hydroxylation is 2. The van der Waals surface area contributed by atoms with Crippen molar-refractivity contribution in [2.45, 2.75) is 24.0 Å². The van der Waals surface area contributed by atoms with Gasteiger partial charge in [0.05, 0.1) is 11.7 Å². The number of aromatic amines is 1. The van der Waals surface area contributed by atoms with E-state index in [1.165, 1.54) is 5.51 Å². The first kappa shape index (κ1) is 15.6. The maximum absolute atomic E-state index is 12.0. The van der Waals surface area contributed by atoms with Gasteiger partial charge in [0.2, 0.25) is 0 Å². The quantitative estimate of drug-likeness (QED) is 0.644. The maximum atomic E-state index is 12.0. The summed E-state index contributed by atoms with van der Waals surface area (Å²) < 4.78 is 26.2. The first-order chi connectivity index (χ1) is 9.92. The Hall–Kier alpha value is -1.78. The first-order valence-corrected chi connectivity index (χ1v) is 8.43. The highest BCUT2D eigenvalue weighted by atomic mass is 32.2. The molecule has 0 unspecified atom stereocenters. The van der Waals surface area contributed by atoms with Crippen molar-refractivity contribution in [2.75, 3.05) is 6.54 Å². The van der Waals surface area contributed by atoms with E-state index in [4.69, 9.17) is 5.11 Å². The minimum atomic E-state index is -3.84. The van der Waals surface area contributed by atoms with E-state index in [1.807, 2.05) is 6.92 Å². The Kier molecular flexibility index (Phi) is 4.70. The Balaban J connectivity index is 1.94. The maximum Gasteiger partial charge on any atom is 0.356 e. The predicted octanol–water partition coefficient (Wildman–Crippen LogP) is 0.784. The monoisotopic (exact) mass is 330 g/mol. The Morgan fingerprint density at radius 3 is 2.90 bits per heavy atom. The molecule has 8 nitrogen and oxygen atoms in total. The summed E-state index contributed by atoms with van der Waals surface area (Å²) in [4.78, 5) is 14.4. The standard InChI is InChI=1S/C11H14N4O4S2/c1-7-8(5-13-15-7)3-2-4-14-21(18,19)11-9(10(16)17)12-6-20-11/h5-6,14H,2-4H2,1H3,(H,13,15)(H,16,17). The number of rotatable bonds is 7. The first-order valence-electron chi connectivity index (χ1n) is 6.07. The van der Waals surface area contributed by atoms with E-state index in [0.717, 1.165) is 22.6 Å². The lowest BCUT2D eigenvalue weighted by atomic mass is 10.1. The highest BCUT2D eigenvalue weighted by Gasteiger charge is 2.25. The number of hydrogen-bond acceptors (Lipinski definition) is 6. The van der Waals surface area contributed by atoms with Crippen LogP contribution in [-0.4, -0.2) is 41.2 Å². The summed E-state index contributed by atoms with van der Waals surface area (Å²) in [7, 11) is -3.84. The second kappa shape index (κ2) is 6.33. The third-order valence-electron chi connectivity index (χ3n) is 2.83. The van der Waals surface area contributed by atoms with Gasteiger partial charge in [-0.15, -0.1) is 11.3 Å². The van der Waals surface area contributed by atoms with Crippen LogP contribution in [0.15, 0.2) is 15.9 Å². The molecule has 3 N–H and O–H groups in total. The van der Waals surface area contributed by atoms with Crippen molar-refractivity contribution in [2.24, 2.45) is 0 Å². The highest BCUT2D eigenvalue weighted by molar-refractivity contribution is 7.91. The second-order valence-corrected chi connectivity index (χ2v) is 7.13. The Morgan fingerprint density at radius 2 is 2.29 bits per heavy atom. The third-order valence-corrected chi connectivity index (χ3v) is 5.66. The van der Waals surface area contributed by atoms with Crippen LogP contribution in [0.2, 0.25) is 0 Å². The largest absolute Gasteiger partial charge is 0.476 e. The van der Waals surface area contributed by atoms with Gasteiger partial charge in [-0.1, -0.05) is 0 Å². The Bertz CT molecular complexity index is 735. The molecule has 0 aliphatic carbocycles. The smallest absolute Gasteiger partial charge is 0.356 e. The lowest BCUT2D eigenvalue weighted by Gasteiger charge is -2.05. The molecule has 0 radical (unpaired) electrons. The van der Waals surface area contributed by atoms with Gasteiger partial charge in [-0.3, -0.25) is 5.10 Å². The van der Waals surface area contributed by atoms with Crippen molar-refractivity contribution in [3.63, 3.8) is 0 Å². The molecule has 0 saturated heterocycles. The number of nitrogens with one attached hydrogen (secondary N) is 2. The van der Waals surface area contributed by atoms with Crippen LogP contribution < -0.4 is 4.72 Å². The fraction of sp³-hybridized carbons (Fsp3) is 0.364. The molecular weight excluding hydrogens is 316 g/mol. The topological polar surface area (TPSA) is 125 Å². The van der Waals surface area contributed by atoms with E-state index in [9.17, 15) is 13.2 Å². The summed E-state index contributed by atoms with van der Waals surface area (Å²) in [6, 6.07) is 0. The molecule has 2 heterocycles. The fourth-order valence-corrected chi connectivity index (χ4v) is 4.00. The van der Waals surface area contributed by atoms with Crippen LogP contribution in [0.4, 0.5) is 0 Å². The van der Waals surface area contributed by atoms with Crippen molar-refractivity contribution in [3.8, 4) is 0 Å². The van der Waals surface area contributed by atoms with Gasteiger partial charge in [0.25, 0.3) is 10.0 Å². The van der Waals surface area contributed by atoms with Crippen molar-refractivity contribution < 1.29 is 18.3 Å². The van der Waals surface area contributed by atoms with Crippen LogP contribution in [0.25, 0.3) is 0 Å². The SMILES string of the molecule is Cc1[nH]ncc1CCCNS(=O)(=O)c1scnc1C(=O)O. The number of carboxylic acids is 1. The molecule has 2 rings (SSSR count). The van der Waals surface area contributed by atoms with E-state index < -0.39 is 21.7 Å². The fourth-order valence-electron chi connectivity index (χ4n) is 1.75. The average Bonchev–Trinajstić information content (AvgIpc) is 3.04. The molecule has 114 valence electrons. The molecule has 2 aromatic heterocycles. The molecule has 10 heteroatoms. The third kappa shape index (κ3) is 3.65. The molecule has 0 aliphatic rings.